The monoisotopic (exact) mass is 195 g/mol. The zero-order valence-electron chi connectivity index (χ0n) is 8.04. The molecule has 2 aliphatic rings. The SMILES string of the molecule is CCOC(=O)C1=C2NNCC2CC=N1. The summed E-state index contributed by atoms with van der Waals surface area (Å²) in [5, 5.41) is 0. The van der Waals surface area contributed by atoms with Crippen LogP contribution in [0.15, 0.2) is 16.4 Å². The number of esters is 1. The normalized spacial score (nSPS) is 24.5. The second kappa shape index (κ2) is 3.79. The molecule has 0 aliphatic carbocycles. The van der Waals surface area contributed by atoms with Gasteiger partial charge in [0.2, 0.25) is 0 Å². The Bertz CT molecular complexity index is 309. The molecule has 5 nitrogen and oxygen atoms in total. The first-order valence-electron chi connectivity index (χ1n) is 4.75. The van der Waals surface area contributed by atoms with Crippen LogP contribution in [-0.2, 0) is 9.53 Å². The number of hydrogen-bond donors (Lipinski definition) is 2. The van der Waals surface area contributed by atoms with E-state index in [2.05, 4.69) is 15.8 Å². The molecule has 0 amide bonds. The maximum Gasteiger partial charge on any atom is 0.358 e. The van der Waals surface area contributed by atoms with Crippen LogP contribution < -0.4 is 10.9 Å². The Labute approximate surface area is 82.2 Å². The summed E-state index contributed by atoms with van der Waals surface area (Å²) in [7, 11) is 0. The number of hydrazine groups is 1. The van der Waals surface area contributed by atoms with Crippen molar-refractivity contribution < 1.29 is 9.53 Å². The number of nitrogens with zero attached hydrogens (tertiary/aromatic N) is 1. The number of nitrogens with one attached hydrogen (secondary N) is 2. The van der Waals surface area contributed by atoms with Crippen molar-refractivity contribution in [3.05, 3.63) is 11.4 Å². The fourth-order valence-corrected chi connectivity index (χ4v) is 1.63. The van der Waals surface area contributed by atoms with Gasteiger partial charge in [-0.2, -0.15) is 0 Å². The standard InChI is InChI=1S/C9H13N3O2/c1-2-14-9(13)8-7-6(3-4-10-8)5-11-12-7/h4,6,11-12H,2-3,5H2,1H3. The van der Waals surface area contributed by atoms with Crippen LogP contribution in [0, 0.1) is 5.92 Å². The lowest BCUT2D eigenvalue weighted by atomic mass is 10.0. The first-order chi connectivity index (χ1) is 6.83. The van der Waals surface area contributed by atoms with E-state index in [-0.39, 0.29) is 5.97 Å². The Balaban J connectivity index is 2.22. The summed E-state index contributed by atoms with van der Waals surface area (Å²) in [5.74, 6) is -0.00782. The van der Waals surface area contributed by atoms with Crippen LogP contribution in [0.25, 0.3) is 0 Å². The lowest BCUT2D eigenvalue weighted by molar-refractivity contribution is -0.138. The van der Waals surface area contributed by atoms with Gasteiger partial charge in [0.25, 0.3) is 0 Å². The van der Waals surface area contributed by atoms with Crippen molar-refractivity contribution in [3.63, 3.8) is 0 Å². The maximum atomic E-state index is 11.5. The van der Waals surface area contributed by atoms with E-state index < -0.39 is 0 Å². The topological polar surface area (TPSA) is 62.7 Å². The molecule has 5 heteroatoms. The summed E-state index contributed by atoms with van der Waals surface area (Å²) in [4.78, 5) is 15.5. The minimum absolute atomic E-state index is 0.340. The quantitative estimate of drug-likeness (QED) is 0.607. The number of carbonyl (C=O) groups is 1. The van der Waals surface area contributed by atoms with Crippen LogP contribution in [0.1, 0.15) is 13.3 Å². The van der Waals surface area contributed by atoms with Crippen LogP contribution in [0.2, 0.25) is 0 Å². The molecule has 0 bridgehead atoms. The Kier molecular flexibility index (Phi) is 2.49. The minimum atomic E-state index is -0.348. The molecule has 2 heterocycles. The van der Waals surface area contributed by atoms with Gasteiger partial charge in [-0.3, -0.25) is 4.99 Å². The maximum absolute atomic E-state index is 11.5. The van der Waals surface area contributed by atoms with Crippen molar-refractivity contribution >= 4 is 12.2 Å². The third kappa shape index (κ3) is 1.50. The molecule has 0 aromatic carbocycles. The van der Waals surface area contributed by atoms with E-state index in [1.165, 1.54) is 0 Å². The minimum Gasteiger partial charge on any atom is -0.461 e. The van der Waals surface area contributed by atoms with Crippen molar-refractivity contribution in [1.82, 2.24) is 10.9 Å². The first-order valence-corrected chi connectivity index (χ1v) is 4.75. The van der Waals surface area contributed by atoms with Crippen LogP contribution in [-0.4, -0.2) is 25.3 Å². The summed E-state index contributed by atoms with van der Waals surface area (Å²) < 4.78 is 4.91. The summed E-state index contributed by atoms with van der Waals surface area (Å²) >= 11 is 0. The van der Waals surface area contributed by atoms with Gasteiger partial charge in [-0.25, -0.2) is 10.2 Å². The second-order valence-corrected chi connectivity index (χ2v) is 3.23. The molecule has 0 radical (unpaired) electrons. The van der Waals surface area contributed by atoms with Crippen molar-refractivity contribution in [2.24, 2.45) is 10.9 Å². The van der Waals surface area contributed by atoms with E-state index in [1.54, 1.807) is 13.1 Å². The Hall–Kier alpha value is -1.36. The van der Waals surface area contributed by atoms with Crippen LogP contribution in [0.5, 0.6) is 0 Å². The number of aliphatic imine (C=N–C) groups is 1. The zero-order chi connectivity index (χ0) is 9.97. The van der Waals surface area contributed by atoms with E-state index in [0.29, 0.717) is 18.2 Å². The summed E-state index contributed by atoms with van der Waals surface area (Å²) in [6, 6.07) is 0. The average molecular weight is 195 g/mol. The van der Waals surface area contributed by atoms with Crippen molar-refractivity contribution in [1.29, 1.82) is 0 Å². The van der Waals surface area contributed by atoms with Gasteiger partial charge in [0.05, 0.1) is 12.3 Å². The Morgan fingerprint density at radius 2 is 2.64 bits per heavy atom. The van der Waals surface area contributed by atoms with E-state index in [9.17, 15) is 4.79 Å². The predicted molar refractivity (Wildman–Crippen MR) is 51.4 cm³/mol. The van der Waals surface area contributed by atoms with E-state index in [4.69, 9.17) is 4.74 Å². The molecule has 1 atom stereocenters. The highest BCUT2D eigenvalue weighted by atomic mass is 16.5. The van der Waals surface area contributed by atoms with Gasteiger partial charge >= 0.3 is 5.97 Å². The number of ether oxygens (including phenoxy) is 1. The smallest absolute Gasteiger partial charge is 0.358 e. The van der Waals surface area contributed by atoms with Gasteiger partial charge in [-0.1, -0.05) is 0 Å². The fourth-order valence-electron chi connectivity index (χ4n) is 1.63. The molecule has 1 saturated heterocycles. The molecule has 1 fully saturated rings. The zero-order valence-corrected chi connectivity index (χ0v) is 8.04. The lowest BCUT2D eigenvalue weighted by Gasteiger charge is -2.14. The molecule has 2 rings (SSSR count). The Morgan fingerprint density at radius 1 is 1.79 bits per heavy atom. The van der Waals surface area contributed by atoms with Gasteiger partial charge in [-0.15, -0.1) is 0 Å². The van der Waals surface area contributed by atoms with Crippen LogP contribution in [0.3, 0.4) is 0 Å². The molecule has 14 heavy (non-hydrogen) atoms. The highest BCUT2D eigenvalue weighted by Gasteiger charge is 2.29. The Morgan fingerprint density at radius 3 is 3.43 bits per heavy atom. The van der Waals surface area contributed by atoms with E-state index in [1.807, 2.05) is 0 Å². The van der Waals surface area contributed by atoms with Crippen LogP contribution in [0.4, 0.5) is 0 Å². The van der Waals surface area contributed by atoms with Crippen molar-refractivity contribution in [2.75, 3.05) is 13.2 Å². The summed E-state index contributed by atoms with van der Waals surface area (Å²) in [5.41, 5.74) is 7.24. The molecule has 2 N–H and O–H groups in total. The third-order valence-electron chi connectivity index (χ3n) is 2.31. The van der Waals surface area contributed by atoms with Gasteiger partial charge in [0.1, 0.15) is 0 Å². The molecule has 0 aromatic rings. The van der Waals surface area contributed by atoms with Crippen molar-refractivity contribution in [3.8, 4) is 0 Å². The molecular formula is C9H13N3O2. The number of fused-ring (bicyclic) bond motifs is 1. The van der Waals surface area contributed by atoms with E-state index >= 15 is 0 Å². The molecule has 0 spiro atoms. The summed E-state index contributed by atoms with van der Waals surface area (Å²) in [6.45, 7) is 3.00. The van der Waals surface area contributed by atoms with Crippen LogP contribution >= 0.6 is 0 Å². The summed E-state index contributed by atoms with van der Waals surface area (Å²) in [6.07, 6.45) is 2.65. The number of hydrogen-bond acceptors (Lipinski definition) is 5. The number of rotatable bonds is 2. The number of carbonyl (C=O) groups excluding carboxylic acids is 1. The van der Waals surface area contributed by atoms with Crippen molar-refractivity contribution in [2.45, 2.75) is 13.3 Å². The first kappa shape index (κ1) is 9.21. The fraction of sp³-hybridized carbons (Fsp3) is 0.556. The highest BCUT2D eigenvalue weighted by molar-refractivity contribution is 5.91. The molecular weight excluding hydrogens is 182 g/mol. The molecule has 1 unspecified atom stereocenters. The second-order valence-electron chi connectivity index (χ2n) is 3.23. The van der Waals surface area contributed by atoms with Gasteiger partial charge in [0.15, 0.2) is 5.70 Å². The predicted octanol–water partition coefficient (Wildman–Crippen LogP) is -0.0404. The average Bonchev–Trinajstić information content (AvgIpc) is 2.65. The molecule has 76 valence electrons. The molecule has 0 aromatic heterocycles. The lowest BCUT2D eigenvalue weighted by Crippen LogP contribution is -2.23. The van der Waals surface area contributed by atoms with Gasteiger partial charge in [-0.05, 0) is 13.3 Å². The van der Waals surface area contributed by atoms with E-state index in [0.717, 1.165) is 18.7 Å². The molecule has 0 saturated carbocycles. The molecule has 2 aliphatic heterocycles. The largest absolute Gasteiger partial charge is 0.461 e. The van der Waals surface area contributed by atoms with Gasteiger partial charge < -0.3 is 10.2 Å². The highest BCUT2D eigenvalue weighted by Crippen LogP contribution is 2.23. The third-order valence-corrected chi connectivity index (χ3v) is 2.31. The van der Waals surface area contributed by atoms with Gasteiger partial charge in [0, 0.05) is 18.7 Å².